The highest BCUT2D eigenvalue weighted by molar-refractivity contribution is 7.90. The Morgan fingerprint density at radius 1 is 0.252 bits per heavy atom. The van der Waals surface area contributed by atoms with Gasteiger partial charge in [0.15, 0.2) is 99.2 Å². The molecule has 0 aliphatic carbocycles. The zero-order valence-electron chi connectivity index (χ0n) is 59.3. The summed E-state index contributed by atoms with van der Waals surface area (Å²) in [4.78, 5) is 0. The molecule has 111 heavy (non-hydrogen) atoms. The fraction of sp³-hybridized carbons (Fsp3) is 1.00. The number of rotatable bonds is 52. The van der Waals surface area contributed by atoms with E-state index >= 15 is 0 Å². The third-order valence-corrected chi connectivity index (χ3v) is 20.0. The molecule has 0 aromatic rings. The first-order valence-corrected chi connectivity index (χ1v) is 38.9. The zero-order valence-corrected chi connectivity index (χ0v) is 65.8. The van der Waals surface area contributed by atoms with Gasteiger partial charge < -0.3 is 148 Å². The van der Waals surface area contributed by atoms with Crippen molar-refractivity contribution in [2.24, 2.45) is 0 Å². The molecule has 0 aromatic heterocycles. The minimum absolute atomic E-state index is 0.0173. The van der Waals surface area contributed by atoms with Crippen LogP contribution >= 0.6 is 49.3 Å². The maximum absolute atomic E-state index is 13.0. The van der Waals surface area contributed by atoms with Crippen molar-refractivity contribution < 1.29 is 253 Å². The Bertz CT molecular complexity index is 3080. The van der Waals surface area contributed by atoms with Gasteiger partial charge in [-0.2, -0.15) is 0 Å². The molecule has 0 spiro atoms. The molecule has 30 atom stereocenters. The molecule has 12 unspecified atom stereocenters. The Hall–Kier alpha value is -0.680. The molecule has 0 N–H and O–H groups in total. The van der Waals surface area contributed by atoms with Gasteiger partial charge in [0, 0.05) is 85.3 Å². The van der Waals surface area contributed by atoms with E-state index in [1.54, 1.807) is 0 Å². The molecule has 6 aliphatic rings. The Morgan fingerprint density at radius 3 is 0.739 bits per heavy atom. The van der Waals surface area contributed by atoms with Crippen molar-refractivity contribution >= 4 is 90.9 Å². The van der Waals surface area contributed by atoms with Crippen molar-refractivity contribution in [1.82, 2.24) is 0 Å². The summed E-state index contributed by atoms with van der Waals surface area (Å²) in [5.41, 5.74) is 0. The van der Waals surface area contributed by atoms with E-state index in [1.807, 2.05) is 0 Å². The molecule has 0 aromatic carbocycles. The summed E-state index contributed by atoms with van der Waals surface area (Å²) in [6.45, 7) is -5.37. The van der Waals surface area contributed by atoms with E-state index in [0.717, 1.165) is 14.2 Å². The van der Waals surface area contributed by atoms with E-state index in [4.69, 9.17) is 130 Å². The van der Waals surface area contributed by atoms with E-state index < -0.39 is 302 Å². The smallest absolute Gasteiger partial charge is 0.218 e. The topological polar surface area (TPSA) is 681 Å². The van der Waals surface area contributed by atoms with Crippen molar-refractivity contribution in [3.63, 3.8) is 0 Å². The van der Waals surface area contributed by atoms with E-state index in [9.17, 15) is 72.9 Å². The van der Waals surface area contributed by atoms with Crippen LogP contribution < -0.4 is 21.0 Å². The summed E-state index contributed by atoms with van der Waals surface area (Å²) in [5.74, 6) is 0. The van der Waals surface area contributed by atoms with Gasteiger partial charge in [0.1, 0.15) is 134 Å². The summed E-state index contributed by atoms with van der Waals surface area (Å²) >= 11 is -1.90. The fourth-order valence-electron chi connectivity index (χ4n) is 12.4. The largest absolute Gasteiger partial charge is 0.726 e. The second-order valence-corrected chi connectivity index (χ2v) is 28.6. The molecular formula is C48H78O55S8-8. The lowest BCUT2D eigenvalue weighted by molar-refractivity contribution is -0.778. The predicted octanol–water partition coefficient (Wildman–Crippen LogP) is -9.07. The molecule has 656 valence electrons. The van der Waals surface area contributed by atoms with Crippen molar-refractivity contribution in [2.45, 2.75) is 184 Å². The van der Waals surface area contributed by atoms with Gasteiger partial charge in [0.05, 0.1) is 39.6 Å². The van der Waals surface area contributed by atoms with Crippen LogP contribution in [0.3, 0.4) is 0 Å². The standard InChI is InChI=1S/C48H86O55S8/c1-65-13-19-25(31(68-4)37(72-8)43(76-12)80-19)86-44-38(73-9)32(69-5)26(20(81-44)14-66-2)87-45-39(74-10)33(70-6)27(21(82-45)15-67-3)88-46-40(75-11)34(71-7)28(22(83-46)16-77-108(53,54)55)89-48-42(95-111(62,63)64)35(92-105-101-97-50)29(23(84-48)17-78-109(56,57)58)90-47-41(94-107-103-99-52)36(93-106-102-98-51)30(91-104-100-96-49)24(85-47)18-79-110(59,60)61/h19-52H,13-18H2,1-12H3,(H,53,54,55)(H,56,57,58)(H,59,60,61)(H,62,63,64)/p-8/t19-,20-,21?,22?,23-,24-,25-,26-,27+,28+,29-,30-,31?,32?,33+,34+,35?,36?,37?,38?,39?,40?,41?,42?,43+,44-,45+,46+,47-,48-/m1/s1. The molecule has 0 bridgehead atoms. The first-order valence-electron chi connectivity index (χ1n) is 30.9. The van der Waals surface area contributed by atoms with E-state index in [1.165, 1.54) is 71.1 Å². The number of methoxy groups -OCH3 is 12. The third kappa shape index (κ3) is 28.7. The molecule has 6 aliphatic heterocycles. The normalized spacial score (nSPS) is 37.5. The first-order chi connectivity index (χ1) is 52.9. The summed E-state index contributed by atoms with van der Waals surface area (Å²) in [5, 5.41) is 57.0. The van der Waals surface area contributed by atoms with Crippen molar-refractivity contribution in [3.8, 4) is 0 Å². The monoisotopic (exact) mass is 1790 g/mol. The highest BCUT2D eigenvalue weighted by Crippen LogP contribution is 2.44. The Balaban J connectivity index is 1.40. The van der Waals surface area contributed by atoms with Crippen LogP contribution in [-0.2, 0) is 221 Å². The molecule has 55 nitrogen and oxygen atoms in total. The summed E-state index contributed by atoms with van der Waals surface area (Å²) in [7, 11) is -8.45. The van der Waals surface area contributed by atoms with Crippen LogP contribution in [0, 0.1) is 0 Å². The van der Waals surface area contributed by atoms with Crippen LogP contribution in [-0.4, -0.2) is 361 Å². The number of hydrogen-bond acceptors (Lipinski definition) is 59. The van der Waals surface area contributed by atoms with Crippen LogP contribution in [0.25, 0.3) is 0 Å². The lowest BCUT2D eigenvalue weighted by Crippen LogP contribution is -2.69. The SMILES string of the molecule is COCC1O[C@@H](O[C@H]2C(OC)C(OC)[C@@H](O[C@H]3C(OC)C(OC)[C@@H](OC)O[C@@H]3COC)O[C@@H]2COC)C(OC)[C@@H](OC)[C@H]1O[C@@H]1OC(COS(=O)(=O)[O-])[C@H](O[C@H]2O[C@H](COS(=O)(=O)[O-])[C@@H](O[C@H]3O[C@H](COS(=O)(=O)[O-])[C@@H](OSOO[O-])C(OSOO[O-])C3OSOO[O-])C(OSOO[O-])C2OS(=O)(=O)[O-])[C@H](OC)C1OC. The quantitative estimate of drug-likeness (QED) is 0.0136. The predicted molar refractivity (Wildman–Crippen MR) is 325 cm³/mol. The molecule has 6 rings (SSSR count). The molecule has 63 heteroatoms. The van der Waals surface area contributed by atoms with Crippen LogP contribution in [0.2, 0.25) is 0 Å². The molecule has 0 saturated carbocycles. The maximum Gasteiger partial charge on any atom is 0.218 e. The van der Waals surface area contributed by atoms with Gasteiger partial charge in [-0.25, -0.2) is 33.7 Å². The van der Waals surface area contributed by atoms with E-state index in [2.05, 4.69) is 50.0 Å². The summed E-state index contributed by atoms with van der Waals surface area (Å²) < 4.78 is 344. The highest BCUT2D eigenvalue weighted by atomic mass is 32.3. The average Bonchev–Trinajstić information content (AvgIpc) is 0.762. The summed E-state index contributed by atoms with van der Waals surface area (Å²) in [6, 6.07) is 0. The summed E-state index contributed by atoms with van der Waals surface area (Å²) in [6.07, 6.45) is -53.2. The Labute approximate surface area is 649 Å². The average molecular weight is 1790 g/mol. The Kier molecular flexibility index (Phi) is 43.5. The lowest BCUT2D eigenvalue weighted by atomic mass is 9.94. The lowest BCUT2D eigenvalue weighted by Gasteiger charge is -2.52. The number of ether oxygens (including phenoxy) is 23. The molecule has 6 heterocycles. The highest BCUT2D eigenvalue weighted by Gasteiger charge is 2.62. The van der Waals surface area contributed by atoms with E-state index in [-0.39, 0.29) is 13.2 Å². The zero-order chi connectivity index (χ0) is 82.0. The third-order valence-electron chi connectivity index (χ3n) is 16.6. The second-order valence-electron chi connectivity index (χ2n) is 22.6. The van der Waals surface area contributed by atoms with Crippen molar-refractivity contribution in [1.29, 1.82) is 0 Å². The van der Waals surface area contributed by atoms with Gasteiger partial charge in [0.25, 0.3) is 0 Å². The van der Waals surface area contributed by atoms with Gasteiger partial charge >= 0.3 is 0 Å². The molecule has 6 saturated heterocycles. The van der Waals surface area contributed by atoms with Gasteiger partial charge in [0.2, 0.25) is 41.6 Å². The van der Waals surface area contributed by atoms with Gasteiger partial charge in [-0.3, -0.25) is 53.6 Å². The van der Waals surface area contributed by atoms with Crippen LogP contribution in [0.4, 0.5) is 0 Å². The van der Waals surface area contributed by atoms with Gasteiger partial charge in [-0.15, -0.1) is 17.3 Å². The van der Waals surface area contributed by atoms with Gasteiger partial charge in [-0.1, -0.05) is 0 Å². The minimum atomic E-state index is -6.32. The first kappa shape index (κ1) is 99.1. The van der Waals surface area contributed by atoms with Crippen molar-refractivity contribution in [2.75, 3.05) is 125 Å². The van der Waals surface area contributed by atoms with Crippen LogP contribution in [0.5, 0.6) is 0 Å². The van der Waals surface area contributed by atoms with Crippen LogP contribution in [0.15, 0.2) is 0 Å². The molecule has 0 amide bonds. The Morgan fingerprint density at radius 2 is 0.477 bits per heavy atom. The van der Waals surface area contributed by atoms with Crippen molar-refractivity contribution in [3.05, 3.63) is 0 Å². The second kappa shape index (κ2) is 48.7. The fourth-order valence-corrected chi connectivity index (χ4v) is 15.2. The molecule has 0 radical (unpaired) electrons. The van der Waals surface area contributed by atoms with E-state index in [0.29, 0.717) is 0 Å². The molecular weight excluding hydrogens is 1710 g/mol. The van der Waals surface area contributed by atoms with Gasteiger partial charge in [-0.05, 0) is 0 Å². The van der Waals surface area contributed by atoms with Crippen LogP contribution in [0.1, 0.15) is 0 Å². The molecule has 6 fully saturated rings. The minimum Gasteiger partial charge on any atom is -0.726 e. The number of hydrogen-bond donors (Lipinski definition) is 0. The maximum atomic E-state index is 13.0.